The highest BCUT2D eigenvalue weighted by Gasteiger charge is 2.39. The normalized spacial score (nSPS) is 17.5. The average Bonchev–Trinajstić information content (AvgIpc) is 3.36. The molecule has 0 atom stereocenters. The van der Waals surface area contributed by atoms with E-state index < -0.39 is 5.72 Å². The van der Waals surface area contributed by atoms with Gasteiger partial charge in [-0.05, 0) is 25.6 Å². The van der Waals surface area contributed by atoms with Crippen molar-refractivity contribution in [3.05, 3.63) is 47.4 Å². The van der Waals surface area contributed by atoms with Gasteiger partial charge in [-0.15, -0.1) is 0 Å². The molecule has 0 radical (unpaired) electrons. The van der Waals surface area contributed by atoms with E-state index in [1.807, 2.05) is 4.90 Å². The quantitative estimate of drug-likeness (QED) is 0.621. The molecule has 0 aliphatic carbocycles. The molecule has 2 aliphatic heterocycles. The van der Waals surface area contributed by atoms with Crippen LogP contribution in [0.25, 0.3) is 0 Å². The standard InChI is InChI=1S/C22H30FN5O3/c1-3-4-11-29-19-6-5-17(20(23)12-19)13-28(14-18-15-30-16(2)25-18)21-26-22(31-27-21)7-9-24-10-8-22/h5-6,12,15,24H,3-4,7-11,13-14H2,1-2H3,(H,26,27). The van der Waals surface area contributed by atoms with Crippen LogP contribution in [0.15, 0.2) is 33.9 Å². The van der Waals surface area contributed by atoms with Crippen LogP contribution in [0.4, 0.5) is 4.39 Å². The first-order valence-corrected chi connectivity index (χ1v) is 10.9. The lowest BCUT2D eigenvalue weighted by Crippen LogP contribution is -2.42. The lowest BCUT2D eigenvalue weighted by Gasteiger charge is -2.28. The third kappa shape index (κ3) is 5.34. The number of rotatable bonds is 8. The van der Waals surface area contributed by atoms with Crippen molar-refractivity contribution in [1.82, 2.24) is 20.7 Å². The van der Waals surface area contributed by atoms with Crippen LogP contribution in [0.3, 0.4) is 0 Å². The van der Waals surface area contributed by atoms with Crippen LogP contribution in [0.2, 0.25) is 0 Å². The number of hydrogen-bond acceptors (Lipinski definition) is 8. The molecule has 3 heterocycles. The van der Waals surface area contributed by atoms with Crippen LogP contribution in [-0.4, -0.2) is 41.3 Å². The van der Waals surface area contributed by atoms with Crippen LogP contribution in [0, 0.1) is 12.7 Å². The van der Waals surface area contributed by atoms with E-state index in [1.165, 1.54) is 6.07 Å². The minimum atomic E-state index is -0.575. The molecule has 2 N–H and O–H groups in total. The van der Waals surface area contributed by atoms with Gasteiger partial charge in [0.1, 0.15) is 17.8 Å². The molecule has 0 unspecified atom stereocenters. The van der Waals surface area contributed by atoms with E-state index in [0.717, 1.165) is 44.5 Å². The van der Waals surface area contributed by atoms with E-state index in [2.05, 4.69) is 22.7 Å². The molecule has 1 fully saturated rings. The fourth-order valence-electron chi connectivity index (χ4n) is 3.71. The largest absolute Gasteiger partial charge is 0.493 e. The summed E-state index contributed by atoms with van der Waals surface area (Å²) >= 11 is 0. The highest BCUT2D eigenvalue weighted by Crippen LogP contribution is 2.29. The predicted octanol–water partition coefficient (Wildman–Crippen LogP) is 3.27. The molecule has 1 aromatic heterocycles. The maximum atomic E-state index is 14.9. The third-order valence-corrected chi connectivity index (χ3v) is 5.50. The SMILES string of the molecule is CCCCOc1ccc(CN(Cc2coc(C)n2)C2=NC3(CCNCC3)ON2)c(F)c1. The highest BCUT2D eigenvalue weighted by atomic mass is 19.1. The van der Waals surface area contributed by atoms with Crippen LogP contribution in [-0.2, 0) is 17.9 Å². The number of ether oxygens (including phenoxy) is 1. The molecule has 0 saturated carbocycles. The molecular formula is C22H30FN5O3. The first-order valence-electron chi connectivity index (χ1n) is 10.9. The molecule has 0 bridgehead atoms. The number of nitrogens with zero attached hydrogens (tertiary/aromatic N) is 3. The van der Waals surface area contributed by atoms with Crippen LogP contribution in [0.1, 0.15) is 49.8 Å². The first-order chi connectivity index (χ1) is 15.1. The Balaban J connectivity index is 1.53. The maximum Gasteiger partial charge on any atom is 0.222 e. The number of oxazole rings is 1. The monoisotopic (exact) mass is 431 g/mol. The van der Waals surface area contributed by atoms with Gasteiger partial charge in [-0.1, -0.05) is 19.4 Å². The second-order valence-electron chi connectivity index (χ2n) is 8.00. The maximum absolute atomic E-state index is 14.9. The van der Waals surface area contributed by atoms with E-state index in [-0.39, 0.29) is 5.82 Å². The summed E-state index contributed by atoms with van der Waals surface area (Å²) in [5, 5.41) is 3.32. The Labute approximate surface area is 181 Å². The van der Waals surface area contributed by atoms with Crippen molar-refractivity contribution >= 4 is 5.96 Å². The fourth-order valence-corrected chi connectivity index (χ4v) is 3.71. The van der Waals surface area contributed by atoms with Gasteiger partial charge in [-0.25, -0.2) is 24.7 Å². The molecule has 1 aromatic carbocycles. The number of benzene rings is 1. The molecule has 1 saturated heterocycles. The van der Waals surface area contributed by atoms with Crippen molar-refractivity contribution in [2.24, 2.45) is 4.99 Å². The second-order valence-corrected chi connectivity index (χ2v) is 8.00. The molecule has 0 amide bonds. The number of nitrogens with one attached hydrogen (secondary N) is 2. The van der Waals surface area contributed by atoms with E-state index in [9.17, 15) is 4.39 Å². The van der Waals surface area contributed by atoms with Crippen LogP contribution in [0.5, 0.6) is 5.75 Å². The Morgan fingerprint density at radius 1 is 1.26 bits per heavy atom. The summed E-state index contributed by atoms with van der Waals surface area (Å²) in [5.41, 5.74) is 3.68. The van der Waals surface area contributed by atoms with E-state index in [1.54, 1.807) is 25.3 Å². The molecule has 168 valence electrons. The fraction of sp³-hybridized carbons (Fsp3) is 0.545. The van der Waals surface area contributed by atoms with E-state index in [4.69, 9.17) is 19.0 Å². The zero-order valence-corrected chi connectivity index (χ0v) is 18.1. The van der Waals surface area contributed by atoms with Crippen molar-refractivity contribution in [2.45, 2.75) is 58.3 Å². The number of guanidine groups is 1. The third-order valence-electron chi connectivity index (χ3n) is 5.50. The first kappa shape index (κ1) is 21.6. The Kier molecular flexibility index (Phi) is 6.72. The Bertz CT molecular complexity index is 910. The van der Waals surface area contributed by atoms with Crippen molar-refractivity contribution in [3.63, 3.8) is 0 Å². The summed E-state index contributed by atoms with van der Waals surface area (Å²) in [5.74, 6) is 1.39. The molecular weight excluding hydrogens is 401 g/mol. The number of hydroxylamine groups is 1. The van der Waals surface area contributed by atoms with Crippen LogP contribution < -0.4 is 15.5 Å². The average molecular weight is 432 g/mol. The highest BCUT2D eigenvalue weighted by molar-refractivity contribution is 5.80. The van der Waals surface area contributed by atoms with Crippen LogP contribution >= 0.6 is 0 Å². The van der Waals surface area contributed by atoms with Gasteiger partial charge >= 0.3 is 0 Å². The van der Waals surface area contributed by atoms with Crippen molar-refractivity contribution in [3.8, 4) is 5.75 Å². The van der Waals surface area contributed by atoms with Crippen molar-refractivity contribution < 1.29 is 18.4 Å². The minimum absolute atomic E-state index is 0.302. The molecule has 31 heavy (non-hydrogen) atoms. The van der Waals surface area contributed by atoms with Gasteiger partial charge in [0.2, 0.25) is 5.96 Å². The summed E-state index contributed by atoms with van der Waals surface area (Å²) in [4.78, 5) is 17.0. The number of unbranched alkanes of at least 4 members (excludes halogenated alkanes) is 1. The summed E-state index contributed by atoms with van der Waals surface area (Å²) in [6.07, 6.45) is 5.14. The topological polar surface area (TPSA) is 84.2 Å². The second kappa shape index (κ2) is 9.65. The predicted molar refractivity (Wildman–Crippen MR) is 114 cm³/mol. The van der Waals surface area contributed by atoms with E-state index >= 15 is 0 Å². The number of aliphatic imine (C=N–C) groups is 1. The molecule has 2 aromatic rings. The molecule has 4 rings (SSSR count). The Morgan fingerprint density at radius 3 is 2.81 bits per heavy atom. The Morgan fingerprint density at radius 2 is 2.10 bits per heavy atom. The number of piperidine rings is 1. The zero-order chi connectivity index (χ0) is 21.7. The number of aryl methyl sites for hydroxylation is 1. The lowest BCUT2D eigenvalue weighted by molar-refractivity contribution is -0.0734. The summed E-state index contributed by atoms with van der Waals surface area (Å²) in [7, 11) is 0. The Hall–Kier alpha value is -2.65. The van der Waals surface area contributed by atoms with Gasteiger partial charge in [-0.2, -0.15) is 0 Å². The molecule has 9 heteroatoms. The van der Waals surface area contributed by atoms with Gasteiger partial charge in [0.25, 0.3) is 0 Å². The smallest absolute Gasteiger partial charge is 0.222 e. The van der Waals surface area contributed by atoms with Gasteiger partial charge < -0.3 is 19.4 Å². The zero-order valence-electron chi connectivity index (χ0n) is 18.1. The van der Waals surface area contributed by atoms with E-state index in [0.29, 0.717) is 42.9 Å². The molecule has 8 nitrogen and oxygen atoms in total. The molecule has 1 spiro atoms. The van der Waals surface area contributed by atoms with Gasteiger partial charge in [0, 0.05) is 37.9 Å². The summed E-state index contributed by atoms with van der Waals surface area (Å²) < 4.78 is 25.8. The molecule has 2 aliphatic rings. The van der Waals surface area contributed by atoms with Crippen molar-refractivity contribution in [2.75, 3.05) is 19.7 Å². The summed E-state index contributed by atoms with van der Waals surface area (Å²) in [6.45, 7) is 6.87. The minimum Gasteiger partial charge on any atom is -0.493 e. The van der Waals surface area contributed by atoms with Gasteiger partial charge in [0.15, 0.2) is 11.6 Å². The van der Waals surface area contributed by atoms with Gasteiger partial charge in [0.05, 0.1) is 18.8 Å². The number of aromatic nitrogens is 1. The number of hydrogen-bond donors (Lipinski definition) is 2. The van der Waals surface area contributed by atoms with Crippen molar-refractivity contribution in [1.29, 1.82) is 0 Å². The number of halogens is 1. The van der Waals surface area contributed by atoms with Gasteiger partial charge in [-0.3, -0.25) is 0 Å². The summed E-state index contributed by atoms with van der Waals surface area (Å²) in [6, 6.07) is 5.01. The lowest BCUT2D eigenvalue weighted by atomic mass is 10.0.